The van der Waals surface area contributed by atoms with Crippen molar-refractivity contribution in [2.24, 2.45) is 13.0 Å². The highest BCUT2D eigenvalue weighted by Gasteiger charge is 2.33. The van der Waals surface area contributed by atoms with E-state index in [1.54, 1.807) is 4.68 Å². The summed E-state index contributed by atoms with van der Waals surface area (Å²) in [5.41, 5.74) is 1.09. The van der Waals surface area contributed by atoms with E-state index in [4.69, 9.17) is 5.26 Å². The zero-order valence-corrected chi connectivity index (χ0v) is 14.4. The number of nitrogens with zero attached hydrogens (tertiary/aromatic N) is 6. The van der Waals surface area contributed by atoms with E-state index in [1.165, 1.54) is 0 Å². The summed E-state index contributed by atoms with van der Waals surface area (Å²) in [5.74, 6) is -0.149. The third-order valence-electron chi connectivity index (χ3n) is 4.46. The first-order valence-electron chi connectivity index (χ1n) is 8.32. The van der Waals surface area contributed by atoms with Crippen LogP contribution in [0, 0.1) is 28.6 Å². The lowest BCUT2D eigenvalue weighted by Gasteiger charge is -2.28. The third-order valence-corrected chi connectivity index (χ3v) is 4.46. The smallest absolute Gasteiger partial charge is 0.114 e. The molecule has 7 heteroatoms. The van der Waals surface area contributed by atoms with E-state index in [2.05, 4.69) is 27.0 Å². The number of alkyl halides is 1. The Hall–Kier alpha value is -1.96. The highest BCUT2D eigenvalue weighted by Crippen LogP contribution is 2.23. The van der Waals surface area contributed by atoms with E-state index >= 15 is 0 Å². The zero-order valence-electron chi connectivity index (χ0n) is 14.4. The Bertz CT molecular complexity index is 601. The van der Waals surface area contributed by atoms with Crippen LogP contribution in [0.3, 0.4) is 0 Å². The van der Waals surface area contributed by atoms with Gasteiger partial charge in [0.25, 0.3) is 0 Å². The largest absolute Gasteiger partial charge is 0.304 e. The molecule has 0 unspecified atom stereocenters. The average molecular weight is 332 g/mol. The van der Waals surface area contributed by atoms with Gasteiger partial charge < -0.3 is 4.90 Å². The van der Waals surface area contributed by atoms with Gasteiger partial charge in [0.05, 0.1) is 24.3 Å². The van der Waals surface area contributed by atoms with Gasteiger partial charge in [-0.2, -0.15) is 15.6 Å². The summed E-state index contributed by atoms with van der Waals surface area (Å²) in [5, 5.41) is 22.0. The molecule has 1 aliphatic rings. The number of aromatic nitrogens is 2. The summed E-state index contributed by atoms with van der Waals surface area (Å²) in [6.07, 6.45) is 4.49. The normalized spacial score (nSPS) is 22.4. The molecule has 1 aromatic heterocycles. The lowest BCUT2D eigenvalue weighted by atomic mass is 10.0. The van der Waals surface area contributed by atoms with Crippen molar-refractivity contribution in [2.45, 2.75) is 38.0 Å². The van der Waals surface area contributed by atoms with E-state index in [9.17, 15) is 9.65 Å². The maximum Gasteiger partial charge on any atom is 0.114 e. The third kappa shape index (κ3) is 5.30. The molecule has 1 fully saturated rings. The summed E-state index contributed by atoms with van der Waals surface area (Å²) in [6.45, 7) is 2.49. The Labute approximate surface area is 143 Å². The van der Waals surface area contributed by atoms with Crippen LogP contribution in [0.25, 0.3) is 0 Å². The quantitative estimate of drug-likeness (QED) is 0.725. The minimum Gasteiger partial charge on any atom is -0.304 e. The molecule has 0 spiro atoms. The Morgan fingerprint density at radius 3 is 2.92 bits per heavy atom. The first kappa shape index (κ1) is 18.4. The molecule has 0 aliphatic carbocycles. The van der Waals surface area contributed by atoms with Gasteiger partial charge in [-0.3, -0.25) is 9.58 Å². The highest BCUT2D eigenvalue weighted by molar-refractivity contribution is 5.05. The van der Waals surface area contributed by atoms with Gasteiger partial charge >= 0.3 is 0 Å². The van der Waals surface area contributed by atoms with E-state index in [0.29, 0.717) is 38.9 Å². The van der Waals surface area contributed by atoms with Gasteiger partial charge in [-0.05, 0) is 19.9 Å². The average Bonchev–Trinajstić information content (AvgIpc) is 3.09. The van der Waals surface area contributed by atoms with Gasteiger partial charge in [0, 0.05) is 57.4 Å². The van der Waals surface area contributed by atoms with Gasteiger partial charge in [-0.15, -0.1) is 0 Å². The van der Waals surface area contributed by atoms with Gasteiger partial charge in [-0.1, -0.05) is 0 Å². The van der Waals surface area contributed by atoms with Crippen molar-refractivity contribution < 1.29 is 4.39 Å². The van der Waals surface area contributed by atoms with Crippen molar-refractivity contribution in [1.29, 1.82) is 10.5 Å². The Kier molecular flexibility index (Phi) is 6.72. The second-order valence-electron chi connectivity index (χ2n) is 6.68. The van der Waals surface area contributed by atoms with Gasteiger partial charge in [-0.25, -0.2) is 4.39 Å². The van der Waals surface area contributed by atoms with E-state index < -0.39 is 6.17 Å². The van der Waals surface area contributed by atoms with Crippen LogP contribution in [-0.2, 0) is 13.6 Å². The minimum absolute atomic E-state index is 0.139. The van der Waals surface area contributed by atoms with Gasteiger partial charge in [0.2, 0.25) is 0 Å². The number of likely N-dealkylation sites (tertiary alicyclic amines) is 1. The Morgan fingerprint density at radius 1 is 1.50 bits per heavy atom. The maximum atomic E-state index is 13.9. The molecule has 2 rings (SSSR count). The van der Waals surface area contributed by atoms with Crippen LogP contribution in [0.1, 0.15) is 24.8 Å². The van der Waals surface area contributed by atoms with Crippen LogP contribution in [0.4, 0.5) is 4.39 Å². The van der Waals surface area contributed by atoms with Crippen molar-refractivity contribution in [3.8, 4) is 12.1 Å². The summed E-state index contributed by atoms with van der Waals surface area (Å²) in [6, 6.07) is 4.49. The Balaban J connectivity index is 1.88. The fraction of sp³-hybridized carbons (Fsp3) is 0.706. The summed E-state index contributed by atoms with van der Waals surface area (Å²) in [4.78, 5) is 4.25. The fourth-order valence-electron chi connectivity index (χ4n) is 3.34. The highest BCUT2D eigenvalue weighted by atomic mass is 19.1. The van der Waals surface area contributed by atoms with Crippen LogP contribution in [-0.4, -0.2) is 58.5 Å². The molecule has 1 aliphatic heterocycles. The summed E-state index contributed by atoms with van der Waals surface area (Å²) >= 11 is 0. The lowest BCUT2D eigenvalue weighted by molar-refractivity contribution is 0.176. The van der Waals surface area contributed by atoms with Gasteiger partial charge in [0.1, 0.15) is 6.17 Å². The topological polar surface area (TPSA) is 71.9 Å². The molecule has 24 heavy (non-hydrogen) atoms. The second-order valence-corrected chi connectivity index (χ2v) is 6.68. The number of likely N-dealkylation sites (N-methyl/N-ethyl adjacent to an activating group) is 1. The maximum absolute atomic E-state index is 13.9. The molecule has 0 amide bonds. The molecule has 1 saturated heterocycles. The van der Waals surface area contributed by atoms with Crippen molar-refractivity contribution in [2.75, 3.05) is 26.7 Å². The summed E-state index contributed by atoms with van der Waals surface area (Å²) in [7, 11) is 3.84. The van der Waals surface area contributed by atoms with Crippen LogP contribution >= 0.6 is 0 Å². The van der Waals surface area contributed by atoms with Crippen molar-refractivity contribution >= 4 is 0 Å². The van der Waals surface area contributed by atoms with Crippen molar-refractivity contribution in [3.63, 3.8) is 0 Å². The molecule has 0 saturated carbocycles. The van der Waals surface area contributed by atoms with E-state index in [0.717, 1.165) is 12.1 Å². The number of hydrogen-bond donors (Lipinski definition) is 0. The number of hydrogen-bond acceptors (Lipinski definition) is 5. The predicted molar refractivity (Wildman–Crippen MR) is 88.4 cm³/mol. The van der Waals surface area contributed by atoms with Crippen molar-refractivity contribution in [3.05, 3.63) is 18.0 Å². The molecular weight excluding hydrogens is 307 g/mol. The molecular formula is C17H25FN6. The SMILES string of the molecule is CN(C[C@@H](C#N)CCC#N)C[C@@H]1C[C@H](F)CN1Cc1cnn(C)c1. The first-order valence-corrected chi connectivity index (χ1v) is 8.32. The van der Waals surface area contributed by atoms with Crippen molar-refractivity contribution in [1.82, 2.24) is 19.6 Å². The molecule has 3 atom stereocenters. The Morgan fingerprint density at radius 2 is 2.29 bits per heavy atom. The monoisotopic (exact) mass is 332 g/mol. The second kappa shape index (κ2) is 8.77. The molecule has 0 radical (unpaired) electrons. The lowest BCUT2D eigenvalue weighted by Crippen LogP contribution is -2.40. The first-order chi connectivity index (χ1) is 11.5. The predicted octanol–water partition coefficient (Wildman–Crippen LogP) is 1.71. The zero-order chi connectivity index (χ0) is 17.5. The van der Waals surface area contributed by atoms with E-state index in [-0.39, 0.29) is 12.0 Å². The number of halogens is 1. The standard InChI is InChI=1S/C17H25FN6/c1-22(9-14(7-20)4-3-5-19)13-17-6-16(18)12-24(17)11-15-8-21-23(2)10-15/h8,10,14,16-17H,3-4,6,9,11-13H2,1-2H3/t14-,16+,17+/m1/s1. The molecule has 0 bridgehead atoms. The van der Waals surface area contributed by atoms with Crippen LogP contribution < -0.4 is 0 Å². The molecule has 6 nitrogen and oxygen atoms in total. The van der Waals surface area contributed by atoms with Gasteiger partial charge in [0.15, 0.2) is 0 Å². The minimum atomic E-state index is -0.801. The van der Waals surface area contributed by atoms with Crippen LogP contribution in [0.5, 0.6) is 0 Å². The fourth-order valence-corrected chi connectivity index (χ4v) is 3.34. The van der Waals surface area contributed by atoms with E-state index in [1.807, 2.05) is 26.5 Å². The molecule has 130 valence electrons. The van der Waals surface area contributed by atoms with Crippen LogP contribution in [0.15, 0.2) is 12.4 Å². The molecule has 2 heterocycles. The number of rotatable bonds is 8. The molecule has 1 aromatic rings. The molecule has 0 aromatic carbocycles. The number of nitriles is 2. The summed E-state index contributed by atoms with van der Waals surface area (Å²) < 4.78 is 15.7. The van der Waals surface area contributed by atoms with Crippen LogP contribution in [0.2, 0.25) is 0 Å². The number of aryl methyl sites for hydroxylation is 1. The molecule has 0 N–H and O–H groups in total.